The molecule has 0 radical (unpaired) electrons. The highest BCUT2D eigenvalue weighted by Crippen LogP contribution is 2.23. The summed E-state index contributed by atoms with van der Waals surface area (Å²) < 4.78 is 0. The molecule has 1 aromatic heterocycles. The van der Waals surface area contributed by atoms with Crippen molar-refractivity contribution in [2.24, 2.45) is 5.92 Å². The molecule has 0 spiro atoms. The van der Waals surface area contributed by atoms with E-state index in [-0.39, 0.29) is 0 Å². The van der Waals surface area contributed by atoms with E-state index in [2.05, 4.69) is 16.8 Å². The molecule has 3 nitrogen and oxygen atoms in total. The second-order valence-electron chi connectivity index (χ2n) is 4.43. The van der Waals surface area contributed by atoms with Crippen LogP contribution in [0.25, 0.3) is 0 Å². The van der Waals surface area contributed by atoms with E-state index in [1.165, 1.54) is 19.3 Å². The average Bonchev–Trinajstić information content (AvgIpc) is 2.39. The normalized spacial score (nSPS) is 20.8. The van der Waals surface area contributed by atoms with Gasteiger partial charge in [-0.2, -0.15) is 0 Å². The fraction of sp³-hybridized carbons (Fsp3) is 0.538. The van der Waals surface area contributed by atoms with Crippen molar-refractivity contribution in [2.75, 3.05) is 18.0 Å². The largest absolute Gasteiger partial charge is 0.356 e. The molecule has 0 N–H and O–H groups in total. The first-order valence-corrected chi connectivity index (χ1v) is 5.99. The first-order valence-electron chi connectivity index (χ1n) is 5.99. The van der Waals surface area contributed by atoms with Crippen molar-refractivity contribution >= 4 is 12.1 Å². The fourth-order valence-electron chi connectivity index (χ4n) is 2.26. The molecule has 1 atom stereocenters. The summed E-state index contributed by atoms with van der Waals surface area (Å²) in [4.78, 5) is 17.2. The van der Waals surface area contributed by atoms with Gasteiger partial charge in [-0.15, -0.1) is 0 Å². The lowest BCUT2D eigenvalue weighted by Gasteiger charge is -2.33. The Hall–Kier alpha value is -1.38. The molecule has 1 saturated heterocycles. The molecule has 0 aromatic carbocycles. The van der Waals surface area contributed by atoms with Crippen molar-refractivity contribution in [1.82, 2.24) is 4.98 Å². The third kappa shape index (κ3) is 2.40. The summed E-state index contributed by atoms with van der Waals surface area (Å²) in [6, 6.07) is 3.78. The topological polar surface area (TPSA) is 33.2 Å². The predicted octanol–water partition coefficient (Wildman–Crippen LogP) is 2.52. The number of hydrogen-bond acceptors (Lipinski definition) is 3. The molecule has 1 aromatic rings. The minimum atomic E-state index is 0.646. The Morgan fingerprint density at radius 2 is 2.44 bits per heavy atom. The van der Waals surface area contributed by atoms with Gasteiger partial charge in [0.1, 0.15) is 5.82 Å². The van der Waals surface area contributed by atoms with Crippen LogP contribution in [0.1, 0.15) is 36.5 Å². The SMILES string of the molecule is CCC1CCCN(c2ccc(C=O)cn2)C1. The Morgan fingerprint density at radius 1 is 1.56 bits per heavy atom. The third-order valence-electron chi connectivity index (χ3n) is 3.33. The summed E-state index contributed by atoms with van der Waals surface area (Å²) in [7, 11) is 0. The fourth-order valence-corrected chi connectivity index (χ4v) is 2.26. The van der Waals surface area contributed by atoms with Crippen LogP contribution in [0.15, 0.2) is 18.3 Å². The van der Waals surface area contributed by atoms with E-state index in [1.54, 1.807) is 6.20 Å². The lowest BCUT2D eigenvalue weighted by Crippen LogP contribution is -2.35. The van der Waals surface area contributed by atoms with E-state index in [9.17, 15) is 4.79 Å². The van der Waals surface area contributed by atoms with Crippen LogP contribution in [-0.4, -0.2) is 24.4 Å². The van der Waals surface area contributed by atoms with E-state index >= 15 is 0 Å². The number of carbonyl (C=O) groups excluding carboxylic acids is 1. The highest BCUT2D eigenvalue weighted by Gasteiger charge is 2.19. The number of carbonyl (C=O) groups is 1. The second kappa shape index (κ2) is 5.10. The van der Waals surface area contributed by atoms with Crippen molar-refractivity contribution in [3.8, 4) is 0 Å². The quantitative estimate of drug-likeness (QED) is 0.731. The van der Waals surface area contributed by atoms with Crippen molar-refractivity contribution < 1.29 is 4.79 Å². The number of aldehydes is 1. The number of pyridine rings is 1. The zero-order valence-electron chi connectivity index (χ0n) is 9.72. The molecular formula is C13H18N2O. The van der Waals surface area contributed by atoms with Crippen LogP contribution in [0.2, 0.25) is 0 Å². The molecule has 86 valence electrons. The average molecular weight is 218 g/mol. The zero-order valence-corrected chi connectivity index (χ0v) is 9.72. The molecule has 16 heavy (non-hydrogen) atoms. The number of nitrogens with zero attached hydrogens (tertiary/aromatic N) is 2. The molecule has 0 saturated carbocycles. The number of piperidine rings is 1. The minimum absolute atomic E-state index is 0.646. The Bertz CT molecular complexity index is 347. The summed E-state index contributed by atoms with van der Waals surface area (Å²) in [5, 5.41) is 0. The number of rotatable bonds is 3. The van der Waals surface area contributed by atoms with Gasteiger partial charge in [0.25, 0.3) is 0 Å². The van der Waals surface area contributed by atoms with Gasteiger partial charge < -0.3 is 4.90 Å². The summed E-state index contributed by atoms with van der Waals surface area (Å²) >= 11 is 0. The molecule has 2 heterocycles. The lowest BCUT2D eigenvalue weighted by atomic mass is 9.96. The van der Waals surface area contributed by atoms with Gasteiger partial charge in [0.15, 0.2) is 6.29 Å². The van der Waals surface area contributed by atoms with Gasteiger partial charge in [-0.25, -0.2) is 4.98 Å². The molecular weight excluding hydrogens is 200 g/mol. The molecule has 0 bridgehead atoms. The van der Waals surface area contributed by atoms with Crippen molar-refractivity contribution in [1.29, 1.82) is 0 Å². The van der Waals surface area contributed by atoms with Gasteiger partial charge in [-0.1, -0.05) is 13.3 Å². The van der Waals surface area contributed by atoms with Crippen LogP contribution >= 0.6 is 0 Å². The van der Waals surface area contributed by atoms with Crippen LogP contribution in [-0.2, 0) is 0 Å². The van der Waals surface area contributed by atoms with Crippen LogP contribution in [0.3, 0.4) is 0 Å². The maximum Gasteiger partial charge on any atom is 0.151 e. The molecule has 1 fully saturated rings. The smallest absolute Gasteiger partial charge is 0.151 e. The molecule has 3 heteroatoms. The van der Waals surface area contributed by atoms with E-state index in [4.69, 9.17) is 0 Å². The van der Waals surface area contributed by atoms with Crippen LogP contribution in [0, 0.1) is 5.92 Å². The standard InChI is InChI=1S/C13H18N2O/c1-2-11-4-3-7-15(9-11)13-6-5-12(10-16)8-14-13/h5-6,8,10-11H,2-4,7,9H2,1H3. The van der Waals surface area contributed by atoms with Crippen molar-refractivity contribution in [2.45, 2.75) is 26.2 Å². The van der Waals surface area contributed by atoms with Crippen LogP contribution < -0.4 is 4.90 Å². The summed E-state index contributed by atoms with van der Waals surface area (Å²) in [6.07, 6.45) is 6.30. The molecule has 1 aliphatic heterocycles. The van der Waals surface area contributed by atoms with Gasteiger partial charge in [0.05, 0.1) is 0 Å². The van der Waals surface area contributed by atoms with E-state index in [0.717, 1.165) is 31.1 Å². The van der Waals surface area contributed by atoms with Gasteiger partial charge in [-0.05, 0) is 30.9 Å². The van der Waals surface area contributed by atoms with E-state index < -0.39 is 0 Å². The highest BCUT2D eigenvalue weighted by atomic mass is 16.1. The maximum absolute atomic E-state index is 10.5. The third-order valence-corrected chi connectivity index (χ3v) is 3.33. The first-order chi connectivity index (χ1) is 7.83. The molecule has 0 amide bonds. The number of aromatic nitrogens is 1. The first kappa shape index (κ1) is 11.1. The zero-order chi connectivity index (χ0) is 11.4. The van der Waals surface area contributed by atoms with Crippen LogP contribution in [0.5, 0.6) is 0 Å². The Morgan fingerprint density at radius 3 is 3.06 bits per heavy atom. The van der Waals surface area contributed by atoms with Gasteiger partial charge in [0, 0.05) is 24.8 Å². The summed E-state index contributed by atoms with van der Waals surface area (Å²) in [5.74, 6) is 1.80. The van der Waals surface area contributed by atoms with Crippen molar-refractivity contribution in [3.05, 3.63) is 23.9 Å². The maximum atomic E-state index is 10.5. The summed E-state index contributed by atoms with van der Waals surface area (Å²) in [5.41, 5.74) is 0.646. The van der Waals surface area contributed by atoms with Gasteiger partial charge in [-0.3, -0.25) is 4.79 Å². The van der Waals surface area contributed by atoms with Crippen LogP contribution in [0.4, 0.5) is 5.82 Å². The molecule has 1 unspecified atom stereocenters. The minimum Gasteiger partial charge on any atom is -0.356 e. The Kier molecular flexibility index (Phi) is 3.54. The highest BCUT2D eigenvalue weighted by molar-refractivity contribution is 5.74. The molecule has 0 aliphatic carbocycles. The van der Waals surface area contributed by atoms with E-state index in [1.807, 2.05) is 12.1 Å². The predicted molar refractivity (Wildman–Crippen MR) is 64.9 cm³/mol. The molecule has 2 rings (SSSR count). The number of hydrogen-bond donors (Lipinski definition) is 0. The van der Waals surface area contributed by atoms with Crippen molar-refractivity contribution in [3.63, 3.8) is 0 Å². The van der Waals surface area contributed by atoms with Gasteiger partial charge >= 0.3 is 0 Å². The van der Waals surface area contributed by atoms with E-state index in [0.29, 0.717) is 5.56 Å². The molecule has 1 aliphatic rings. The summed E-state index contributed by atoms with van der Waals surface area (Å²) in [6.45, 7) is 4.44. The lowest BCUT2D eigenvalue weighted by molar-refractivity contribution is 0.112. The van der Waals surface area contributed by atoms with Gasteiger partial charge in [0.2, 0.25) is 0 Å². The monoisotopic (exact) mass is 218 g/mol. The number of anilines is 1. The second-order valence-corrected chi connectivity index (χ2v) is 4.43. The Labute approximate surface area is 96.5 Å². The Balaban J connectivity index is 2.07.